The van der Waals surface area contributed by atoms with Gasteiger partial charge < -0.3 is 10.1 Å². The van der Waals surface area contributed by atoms with Gasteiger partial charge in [-0.1, -0.05) is 43.7 Å². The monoisotopic (exact) mass is 290 g/mol. The summed E-state index contributed by atoms with van der Waals surface area (Å²) in [6.07, 6.45) is 2.70. The van der Waals surface area contributed by atoms with Crippen LogP contribution < -0.4 is 5.32 Å². The molecule has 0 radical (unpaired) electrons. The summed E-state index contributed by atoms with van der Waals surface area (Å²) < 4.78 is 5.75. The first-order chi connectivity index (χ1) is 10.2. The van der Waals surface area contributed by atoms with E-state index in [9.17, 15) is 0 Å². The number of aryl methyl sites for hydroxylation is 1. The molecule has 1 N–H and O–H groups in total. The van der Waals surface area contributed by atoms with Crippen molar-refractivity contribution in [2.24, 2.45) is 0 Å². The number of nitrogens with one attached hydrogen (secondary N) is 1. The molecule has 0 aliphatic carbocycles. The summed E-state index contributed by atoms with van der Waals surface area (Å²) in [5.74, 6) is 0. The zero-order valence-corrected chi connectivity index (χ0v) is 13.8. The summed E-state index contributed by atoms with van der Waals surface area (Å²) >= 11 is 0. The second-order valence-electron chi connectivity index (χ2n) is 6.01. The van der Waals surface area contributed by atoms with E-state index < -0.39 is 0 Å². The van der Waals surface area contributed by atoms with Crippen LogP contribution in [0.1, 0.15) is 43.9 Å². The molecule has 2 unspecified atom stereocenters. The standard InChI is InChI=1S/C18H30N2O/c1-4-17-14-20(12-13-21-17)11-10-18(19-5-2)16-8-6-15(3)7-9-16/h6-9,17-19H,4-5,10-14H2,1-3H3. The highest BCUT2D eigenvalue weighted by Gasteiger charge is 2.20. The number of hydrogen-bond acceptors (Lipinski definition) is 3. The largest absolute Gasteiger partial charge is 0.376 e. The third-order valence-electron chi connectivity index (χ3n) is 4.34. The summed E-state index contributed by atoms with van der Waals surface area (Å²) in [7, 11) is 0. The molecule has 1 fully saturated rings. The summed E-state index contributed by atoms with van der Waals surface area (Å²) in [5, 5.41) is 3.63. The van der Waals surface area contributed by atoms with Gasteiger partial charge in [-0.25, -0.2) is 0 Å². The maximum absolute atomic E-state index is 5.75. The van der Waals surface area contributed by atoms with Crippen molar-refractivity contribution in [1.29, 1.82) is 0 Å². The zero-order valence-electron chi connectivity index (χ0n) is 13.8. The van der Waals surface area contributed by atoms with Crippen molar-refractivity contribution >= 4 is 0 Å². The highest BCUT2D eigenvalue weighted by molar-refractivity contribution is 5.24. The van der Waals surface area contributed by atoms with Gasteiger partial charge in [0.1, 0.15) is 0 Å². The van der Waals surface area contributed by atoms with Crippen molar-refractivity contribution in [1.82, 2.24) is 10.2 Å². The Bertz CT molecular complexity index is 404. The zero-order chi connectivity index (χ0) is 15.1. The number of morpholine rings is 1. The Morgan fingerprint density at radius 3 is 2.71 bits per heavy atom. The summed E-state index contributed by atoms with van der Waals surface area (Å²) in [5.41, 5.74) is 2.73. The highest BCUT2D eigenvalue weighted by Crippen LogP contribution is 2.19. The first-order valence-electron chi connectivity index (χ1n) is 8.36. The third kappa shape index (κ3) is 5.10. The molecular formula is C18H30N2O. The average Bonchev–Trinajstić information content (AvgIpc) is 2.52. The lowest BCUT2D eigenvalue weighted by Crippen LogP contribution is -2.43. The molecule has 118 valence electrons. The van der Waals surface area contributed by atoms with E-state index in [-0.39, 0.29) is 0 Å². The van der Waals surface area contributed by atoms with Crippen LogP contribution in [0.25, 0.3) is 0 Å². The van der Waals surface area contributed by atoms with Crippen molar-refractivity contribution in [3.63, 3.8) is 0 Å². The molecule has 21 heavy (non-hydrogen) atoms. The molecule has 1 aromatic rings. The molecule has 1 saturated heterocycles. The van der Waals surface area contributed by atoms with Gasteiger partial charge >= 0.3 is 0 Å². The Labute approximate surface area is 129 Å². The van der Waals surface area contributed by atoms with Crippen LogP contribution in [0.15, 0.2) is 24.3 Å². The lowest BCUT2D eigenvalue weighted by atomic mass is 10.0. The first kappa shape index (κ1) is 16.5. The number of benzene rings is 1. The Morgan fingerprint density at radius 2 is 2.05 bits per heavy atom. The summed E-state index contributed by atoms with van der Waals surface area (Å²) in [4.78, 5) is 2.55. The fraction of sp³-hybridized carbons (Fsp3) is 0.667. The van der Waals surface area contributed by atoms with E-state index in [1.807, 2.05) is 0 Å². The summed E-state index contributed by atoms with van der Waals surface area (Å²) in [6, 6.07) is 9.40. The Morgan fingerprint density at radius 1 is 1.29 bits per heavy atom. The van der Waals surface area contributed by atoms with Gasteiger partial charge in [-0.2, -0.15) is 0 Å². The van der Waals surface area contributed by atoms with Crippen LogP contribution in [0.5, 0.6) is 0 Å². The molecule has 0 spiro atoms. The Balaban J connectivity index is 1.89. The van der Waals surface area contributed by atoms with Crippen LogP contribution in [0.2, 0.25) is 0 Å². The number of nitrogens with zero attached hydrogens (tertiary/aromatic N) is 1. The van der Waals surface area contributed by atoms with Gasteiger partial charge in [-0.3, -0.25) is 4.90 Å². The molecular weight excluding hydrogens is 260 g/mol. The minimum atomic E-state index is 0.427. The lowest BCUT2D eigenvalue weighted by Gasteiger charge is -2.33. The summed E-state index contributed by atoms with van der Waals surface area (Å²) in [6.45, 7) is 11.7. The minimum Gasteiger partial charge on any atom is -0.376 e. The van der Waals surface area contributed by atoms with Crippen LogP contribution >= 0.6 is 0 Å². The molecule has 2 rings (SSSR count). The predicted molar refractivity (Wildman–Crippen MR) is 88.7 cm³/mol. The van der Waals surface area contributed by atoms with Crippen molar-refractivity contribution < 1.29 is 4.74 Å². The van der Waals surface area contributed by atoms with E-state index in [0.717, 1.165) is 45.6 Å². The minimum absolute atomic E-state index is 0.427. The van der Waals surface area contributed by atoms with Gasteiger partial charge in [0, 0.05) is 25.7 Å². The van der Waals surface area contributed by atoms with Crippen molar-refractivity contribution in [3.8, 4) is 0 Å². The van der Waals surface area contributed by atoms with Gasteiger partial charge in [0.2, 0.25) is 0 Å². The second kappa shape index (κ2) is 8.52. The van der Waals surface area contributed by atoms with Crippen LogP contribution in [-0.2, 0) is 4.74 Å². The van der Waals surface area contributed by atoms with E-state index in [1.165, 1.54) is 11.1 Å². The maximum atomic E-state index is 5.75. The molecule has 3 heteroatoms. The lowest BCUT2D eigenvalue weighted by molar-refractivity contribution is -0.0305. The fourth-order valence-corrected chi connectivity index (χ4v) is 2.97. The van der Waals surface area contributed by atoms with E-state index in [0.29, 0.717) is 12.1 Å². The number of ether oxygens (including phenoxy) is 1. The van der Waals surface area contributed by atoms with E-state index in [1.54, 1.807) is 0 Å². The van der Waals surface area contributed by atoms with E-state index in [4.69, 9.17) is 4.74 Å². The van der Waals surface area contributed by atoms with Crippen LogP contribution in [0, 0.1) is 6.92 Å². The van der Waals surface area contributed by atoms with E-state index >= 15 is 0 Å². The predicted octanol–water partition coefficient (Wildman–Crippen LogP) is 3.15. The topological polar surface area (TPSA) is 24.5 Å². The smallest absolute Gasteiger partial charge is 0.0700 e. The Hall–Kier alpha value is -0.900. The van der Waals surface area contributed by atoms with Crippen molar-refractivity contribution in [2.45, 2.75) is 45.8 Å². The molecule has 1 heterocycles. The highest BCUT2D eigenvalue weighted by atomic mass is 16.5. The van der Waals surface area contributed by atoms with E-state index in [2.05, 4.69) is 55.3 Å². The molecule has 1 aromatic carbocycles. The van der Waals surface area contributed by atoms with Crippen molar-refractivity contribution in [3.05, 3.63) is 35.4 Å². The van der Waals surface area contributed by atoms with Gasteiger partial charge in [0.05, 0.1) is 12.7 Å². The quantitative estimate of drug-likeness (QED) is 0.835. The van der Waals surface area contributed by atoms with Gasteiger partial charge in [0.25, 0.3) is 0 Å². The molecule has 1 aliphatic rings. The normalized spacial score (nSPS) is 21.4. The fourth-order valence-electron chi connectivity index (χ4n) is 2.97. The molecule has 0 bridgehead atoms. The maximum Gasteiger partial charge on any atom is 0.0700 e. The molecule has 0 saturated carbocycles. The third-order valence-corrected chi connectivity index (χ3v) is 4.34. The van der Waals surface area contributed by atoms with Gasteiger partial charge in [-0.15, -0.1) is 0 Å². The van der Waals surface area contributed by atoms with Crippen LogP contribution in [0.3, 0.4) is 0 Å². The SMILES string of the molecule is CCNC(CCN1CCOC(CC)C1)c1ccc(C)cc1. The van der Waals surface area contributed by atoms with Crippen LogP contribution in [0.4, 0.5) is 0 Å². The van der Waals surface area contributed by atoms with Gasteiger partial charge in [-0.05, 0) is 31.9 Å². The molecule has 3 nitrogen and oxygen atoms in total. The number of rotatable bonds is 7. The number of hydrogen-bond donors (Lipinski definition) is 1. The second-order valence-corrected chi connectivity index (χ2v) is 6.01. The van der Waals surface area contributed by atoms with Gasteiger partial charge in [0.15, 0.2) is 0 Å². The first-order valence-corrected chi connectivity index (χ1v) is 8.36. The molecule has 0 amide bonds. The Kier molecular flexibility index (Phi) is 6.68. The molecule has 0 aromatic heterocycles. The van der Waals surface area contributed by atoms with Crippen molar-refractivity contribution in [2.75, 3.05) is 32.8 Å². The molecule has 1 aliphatic heterocycles. The van der Waals surface area contributed by atoms with Crippen LogP contribution in [-0.4, -0.2) is 43.8 Å². The average molecular weight is 290 g/mol. The molecule has 2 atom stereocenters.